The topological polar surface area (TPSA) is 35.2 Å². The maximum Gasteiger partial charge on any atom is 0.143 e. The first-order valence-corrected chi connectivity index (χ1v) is 4.21. The molecule has 1 aromatic rings. The number of nitrogens with two attached hydrogens (primary N) is 1. The van der Waals surface area contributed by atoms with Crippen LogP contribution >= 0.6 is 28.3 Å². The zero-order valence-electron chi connectivity index (χ0n) is 6.71. The van der Waals surface area contributed by atoms with Crippen LogP contribution in [0.3, 0.4) is 0 Å². The fourth-order valence-corrected chi connectivity index (χ4v) is 1.15. The molecule has 12 heavy (non-hydrogen) atoms. The highest BCUT2D eigenvalue weighted by Gasteiger charge is 2.01. The van der Waals surface area contributed by atoms with Crippen molar-refractivity contribution in [2.75, 3.05) is 12.3 Å². The van der Waals surface area contributed by atoms with Gasteiger partial charge in [-0.3, -0.25) is 0 Å². The third-order valence-corrected chi connectivity index (χ3v) is 2.00. The van der Waals surface area contributed by atoms with Crippen LogP contribution in [0.2, 0.25) is 0 Å². The SMILES string of the molecule is CCOc1cccc(Br)c1N.Cl. The molecule has 1 aromatic carbocycles. The lowest BCUT2D eigenvalue weighted by atomic mass is 10.3. The van der Waals surface area contributed by atoms with Crippen molar-refractivity contribution in [3.8, 4) is 5.75 Å². The van der Waals surface area contributed by atoms with Gasteiger partial charge in [0.15, 0.2) is 0 Å². The van der Waals surface area contributed by atoms with Gasteiger partial charge in [0.25, 0.3) is 0 Å². The fraction of sp³-hybridized carbons (Fsp3) is 0.250. The van der Waals surface area contributed by atoms with Gasteiger partial charge in [-0.15, -0.1) is 12.4 Å². The first kappa shape index (κ1) is 11.6. The minimum absolute atomic E-state index is 0. The highest BCUT2D eigenvalue weighted by atomic mass is 79.9. The van der Waals surface area contributed by atoms with E-state index in [1.54, 1.807) is 0 Å². The van der Waals surface area contributed by atoms with Gasteiger partial charge in [0.1, 0.15) is 5.75 Å². The molecule has 0 bridgehead atoms. The lowest BCUT2D eigenvalue weighted by Gasteiger charge is -2.06. The van der Waals surface area contributed by atoms with Crippen molar-refractivity contribution >= 4 is 34.0 Å². The molecular weight excluding hydrogens is 241 g/mol. The molecule has 0 saturated carbocycles. The normalized spacial score (nSPS) is 8.83. The Balaban J connectivity index is 0.00000121. The molecule has 0 aliphatic rings. The van der Waals surface area contributed by atoms with E-state index in [0.717, 1.165) is 10.2 Å². The Hall–Kier alpha value is -0.410. The molecule has 0 unspecified atom stereocenters. The predicted molar refractivity (Wildman–Crippen MR) is 57.0 cm³/mol. The van der Waals surface area contributed by atoms with E-state index in [9.17, 15) is 0 Å². The van der Waals surface area contributed by atoms with Gasteiger partial charge in [-0.25, -0.2) is 0 Å². The standard InChI is InChI=1S/C8H10BrNO.ClH/c1-2-11-7-5-3-4-6(9)8(7)10;/h3-5H,2,10H2,1H3;1H. The number of hydrogen-bond acceptors (Lipinski definition) is 2. The van der Waals surface area contributed by atoms with Crippen molar-refractivity contribution in [1.82, 2.24) is 0 Å². The summed E-state index contributed by atoms with van der Waals surface area (Å²) >= 11 is 3.31. The summed E-state index contributed by atoms with van der Waals surface area (Å²) in [7, 11) is 0. The van der Waals surface area contributed by atoms with Crippen molar-refractivity contribution in [3.05, 3.63) is 22.7 Å². The second-order valence-electron chi connectivity index (χ2n) is 2.08. The van der Waals surface area contributed by atoms with E-state index in [4.69, 9.17) is 10.5 Å². The Morgan fingerprint density at radius 1 is 1.50 bits per heavy atom. The van der Waals surface area contributed by atoms with Crippen LogP contribution in [0.5, 0.6) is 5.75 Å². The van der Waals surface area contributed by atoms with E-state index in [-0.39, 0.29) is 12.4 Å². The average molecular weight is 253 g/mol. The summed E-state index contributed by atoms with van der Waals surface area (Å²) in [4.78, 5) is 0. The van der Waals surface area contributed by atoms with Crippen LogP contribution in [0.15, 0.2) is 22.7 Å². The van der Waals surface area contributed by atoms with Gasteiger partial charge in [-0.2, -0.15) is 0 Å². The average Bonchev–Trinajstić information content (AvgIpc) is 1.99. The van der Waals surface area contributed by atoms with Crippen LogP contribution in [-0.2, 0) is 0 Å². The van der Waals surface area contributed by atoms with E-state index in [1.807, 2.05) is 25.1 Å². The Bertz CT molecular complexity index is 255. The monoisotopic (exact) mass is 251 g/mol. The molecule has 0 aliphatic carbocycles. The highest BCUT2D eigenvalue weighted by Crippen LogP contribution is 2.28. The zero-order valence-corrected chi connectivity index (χ0v) is 9.11. The number of nitrogen functional groups attached to an aromatic ring is 1. The summed E-state index contributed by atoms with van der Waals surface area (Å²) in [6, 6.07) is 5.63. The quantitative estimate of drug-likeness (QED) is 0.822. The molecule has 4 heteroatoms. The van der Waals surface area contributed by atoms with Gasteiger partial charge in [-0.05, 0) is 35.0 Å². The number of benzene rings is 1. The molecule has 0 aliphatic heterocycles. The number of halogens is 2. The van der Waals surface area contributed by atoms with E-state index in [0.29, 0.717) is 12.3 Å². The minimum atomic E-state index is 0. The number of anilines is 1. The van der Waals surface area contributed by atoms with Crippen LogP contribution in [0.4, 0.5) is 5.69 Å². The Kier molecular flexibility index (Phi) is 5.09. The van der Waals surface area contributed by atoms with Crippen molar-refractivity contribution < 1.29 is 4.74 Å². The summed E-state index contributed by atoms with van der Waals surface area (Å²) < 4.78 is 6.14. The summed E-state index contributed by atoms with van der Waals surface area (Å²) in [5, 5.41) is 0. The predicted octanol–water partition coefficient (Wildman–Crippen LogP) is 2.85. The molecule has 2 N–H and O–H groups in total. The van der Waals surface area contributed by atoms with E-state index >= 15 is 0 Å². The smallest absolute Gasteiger partial charge is 0.143 e. The molecular formula is C8H11BrClNO. The van der Waals surface area contributed by atoms with E-state index in [2.05, 4.69) is 15.9 Å². The molecule has 0 aromatic heterocycles. The Morgan fingerprint density at radius 3 is 2.75 bits per heavy atom. The minimum Gasteiger partial charge on any atom is -0.492 e. The van der Waals surface area contributed by atoms with Crippen LogP contribution in [0.1, 0.15) is 6.92 Å². The molecule has 0 heterocycles. The van der Waals surface area contributed by atoms with E-state index in [1.165, 1.54) is 0 Å². The molecule has 0 spiro atoms. The van der Waals surface area contributed by atoms with Gasteiger partial charge in [0.2, 0.25) is 0 Å². The molecule has 68 valence electrons. The zero-order chi connectivity index (χ0) is 8.27. The molecule has 0 amide bonds. The number of ether oxygens (including phenoxy) is 1. The molecule has 0 fully saturated rings. The summed E-state index contributed by atoms with van der Waals surface area (Å²) in [5.41, 5.74) is 6.36. The molecule has 0 atom stereocenters. The van der Waals surface area contributed by atoms with E-state index < -0.39 is 0 Å². The van der Waals surface area contributed by atoms with Gasteiger partial charge in [0.05, 0.1) is 12.3 Å². The second-order valence-corrected chi connectivity index (χ2v) is 2.94. The number of rotatable bonds is 2. The summed E-state index contributed by atoms with van der Waals surface area (Å²) in [6.45, 7) is 2.57. The van der Waals surface area contributed by atoms with Gasteiger partial charge >= 0.3 is 0 Å². The molecule has 0 saturated heterocycles. The van der Waals surface area contributed by atoms with Gasteiger partial charge < -0.3 is 10.5 Å². The first-order valence-electron chi connectivity index (χ1n) is 3.42. The summed E-state index contributed by atoms with van der Waals surface area (Å²) in [5.74, 6) is 0.738. The molecule has 2 nitrogen and oxygen atoms in total. The Morgan fingerprint density at radius 2 is 2.17 bits per heavy atom. The van der Waals surface area contributed by atoms with Gasteiger partial charge in [0, 0.05) is 4.47 Å². The van der Waals surface area contributed by atoms with Crippen LogP contribution < -0.4 is 10.5 Å². The van der Waals surface area contributed by atoms with Crippen molar-refractivity contribution in [2.24, 2.45) is 0 Å². The van der Waals surface area contributed by atoms with Gasteiger partial charge in [-0.1, -0.05) is 6.07 Å². The van der Waals surface area contributed by atoms with Crippen LogP contribution in [0.25, 0.3) is 0 Å². The van der Waals surface area contributed by atoms with Crippen molar-refractivity contribution in [3.63, 3.8) is 0 Å². The fourth-order valence-electron chi connectivity index (χ4n) is 0.799. The number of para-hydroxylation sites is 1. The highest BCUT2D eigenvalue weighted by molar-refractivity contribution is 9.10. The first-order chi connectivity index (χ1) is 5.25. The molecule has 0 radical (unpaired) electrons. The number of hydrogen-bond donors (Lipinski definition) is 1. The Labute approximate surface area is 86.6 Å². The van der Waals surface area contributed by atoms with Crippen LogP contribution in [-0.4, -0.2) is 6.61 Å². The largest absolute Gasteiger partial charge is 0.492 e. The van der Waals surface area contributed by atoms with Crippen LogP contribution in [0, 0.1) is 0 Å². The third-order valence-electron chi connectivity index (χ3n) is 1.31. The lowest BCUT2D eigenvalue weighted by molar-refractivity contribution is 0.342. The third kappa shape index (κ3) is 2.57. The maximum absolute atomic E-state index is 5.70. The van der Waals surface area contributed by atoms with Crippen molar-refractivity contribution in [2.45, 2.75) is 6.92 Å². The summed E-state index contributed by atoms with van der Waals surface area (Å²) in [6.07, 6.45) is 0. The lowest BCUT2D eigenvalue weighted by Crippen LogP contribution is -1.96. The molecule has 1 rings (SSSR count). The maximum atomic E-state index is 5.70. The second kappa shape index (κ2) is 5.27. The van der Waals surface area contributed by atoms with Crippen molar-refractivity contribution in [1.29, 1.82) is 0 Å².